The summed E-state index contributed by atoms with van der Waals surface area (Å²) >= 11 is 0. The number of aryl methyl sites for hydroxylation is 3. The second-order valence-electron chi connectivity index (χ2n) is 8.85. The van der Waals surface area contributed by atoms with Gasteiger partial charge >= 0.3 is 0 Å². The number of para-hydroxylation sites is 1. The molecule has 0 radical (unpaired) electrons. The van der Waals surface area contributed by atoms with E-state index in [1.165, 1.54) is 36.4 Å². The fraction of sp³-hybridized carbons (Fsp3) is 0.107. The summed E-state index contributed by atoms with van der Waals surface area (Å²) in [5.41, 5.74) is 3.65. The van der Waals surface area contributed by atoms with Crippen LogP contribution < -0.4 is 14.8 Å². The van der Waals surface area contributed by atoms with Gasteiger partial charge in [0, 0.05) is 16.9 Å². The van der Waals surface area contributed by atoms with Gasteiger partial charge in [-0.05, 0) is 86.5 Å². The fourth-order valence-electron chi connectivity index (χ4n) is 3.67. The second-order valence-corrected chi connectivity index (χ2v) is 12.2. The Morgan fingerprint density at radius 3 is 1.92 bits per heavy atom. The molecule has 0 aliphatic rings. The van der Waals surface area contributed by atoms with Gasteiger partial charge in [0.25, 0.3) is 26.0 Å². The first-order valence-electron chi connectivity index (χ1n) is 11.6. The van der Waals surface area contributed by atoms with E-state index in [2.05, 4.69) is 14.8 Å². The van der Waals surface area contributed by atoms with Crippen molar-refractivity contribution in [2.75, 3.05) is 14.8 Å². The fourth-order valence-corrected chi connectivity index (χ4v) is 6.14. The molecular weight excluding hydrogens is 522 g/mol. The van der Waals surface area contributed by atoms with Crippen molar-refractivity contribution >= 4 is 43.0 Å². The lowest BCUT2D eigenvalue weighted by Gasteiger charge is -2.13. The van der Waals surface area contributed by atoms with E-state index >= 15 is 0 Å². The lowest BCUT2D eigenvalue weighted by Crippen LogP contribution is -2.17. The van der Waals surface area contributed by atoms with E-state index in [1.807, 2.05) is 13.0 Å². The molecule has 0 saturated heterocycles. The van der Waals surface area contributed by atoms with Crippen LogP contribution in [0.3, 0.4) is 0 Å². The second kappa shape index (κ2) is 10.7. The zero-order valence-corrected chi connectivity index (χ0v) is 22.7. The molecule has 10 heteroatoms. The minimum Gasteiger partial charge on any atom is -0.322 e. The molecule has 0 saturated carbocycles. The molecule has 3 N–H and O–H groups in total. The van der Waals surface area contributed by atoms with Crippen LogP contribution in [-0.4, -0.2) is 22.7 Å². The molecule has 0 aliphatic heterocycles. The molecular formula is C28H27N3O5S2. The normalized spacial score (nSPS) is 11.6. The number of hydrogen-bond donors (Lipinski definition) is 3. The number of amides is 1. The summed E-state index contributed by atoms with van der Waals surface area (Å²) in [6.07, 6.45) is 0. The van der Waals surface area contributed by atoms with Gasteiger partial charge in [-0.2, -0.15) is 0 Å². The third-order valence-electron chi connectivity index (χ3n) is 5.86. The number of benzene rings is 4. The van der Waals surface area contributed by atoms with Crippen LogP contribution in [0.1, 0.15) is 27.0 Å². The Morgan fingerprint density at radius 2 is 1.26 bits per heavy atom. The van der Waals surface area contributed by atoms with Crippen molar-refractivity contribution in [2.24, 2.45) is 0 Å². The molecule has 0 spiro atoms. The largest absolute Gasteiger partial charge is 0.322 e. The highest BCUT2D eigenvalue weighted by Crippen LogP contribution is 2.23. The van der Waals surface area contributed by atoms with Gasteiger partial charge in [0.05, 0.1) is 15.5 Å². The number of carbonyl (C=O) groups excluding carboxylic acids is 1. The molecule has 8 nitrogen and oxygen atoms in total. The zero-order valence-electron chi connectivity index (χ0n) is 21.0. The van der Waals surface area contributed by atoms with E-state index in [0.717, 1.165) is 11.1 Å². The summed E-state index contributed by atoms with van der Waals surface area (Å²) in [6, 6.07) is 24.1. The quantitative estimate of drug-likeness (QED) is 0.269. The summed E-state index contributed by atoms with van der Waals surface area (Å²) in [6.45, 7) is 5.35. The number of sulfonamides is 2. The van der Waals surface area contributed by atoms with Crippen molar-refractivity contribution in [3.8, 4) is 0 Å². The van der Waals surface area contributed by atoms with Crippen molar-refractivity contribution in [1.29, 1.82) is 0 Å². The van der Waals surface area contributed by atoms with Crippen LogP contribution in [-0.2, 0) is 20.0 Å². The van der Waals surface area contributed by atoms with Crippen LogP contribution in [0.15, 0.2) is 101 Å². The van der Waals surface area contributed by atoms with E-state index in [4.69, 9.17) is 0 Å². The molecule has 0 fully saturated rings. The van der Waals surface area contributed by atoms with Crippen LogP contribution in [0, 0.1) is 20.8 Å². The zero-order chi connectivity index (χ0) is 27.5. The molecule has 0 aliphatic carbocycles. The molecule has 4 aromatic rings. The van der Waals surface area contributed by atoms with E-state index < -0.39 is 26.0 Å². The molecule has 4 aromatic carbocycles. The molecule has 1 amide bonds. The Morgan fingerprint density at radius 1 is 0.632 bits per heavy atom. The van der Waals surface area contributed by atoms with Gasteiger partial charge in [-0.1, -0.05) is 42.0 Å². The number of hydrogen-bond acceptors (Lipinski definition) is 5. The van der Waals surface area contributed by atoms with Gasteiger partial charge in [-0.15, -0.1) is 0 Å². The predicted octanol–water partition coefficient (Wildman–Crippen LogP) is 5.47. The van der Waals surface area contributed by atoms with E-state index in [-0.39, 0.29) is 15.4 Å². The number of nitrogens with one attached hydrogen (secondary N) is 3. The average molecular weight is 550 g/mol. The maximum absolute atomic E-state index is 13.0. The standard InChI is InChI=1S/C28H27N3O5S2/c1-19-8-12-24(13-9-19)30-38(35,36)27-18-22(11-10-21(27)3)28(32)29-23-14-16-25(17-15-23)37(33,34)31-26-7-5-4-6-20(26)2/h4-18,30-31H,1-3H3,(H,29,32). The highest BCUT2D eigenvalue weighted by molar-refractivity contribution is 7.93. The molecule has 0 unspecified atom stereocenters. The summed E-state index contributed by atoms with van der Waals surface area (Å²) in [5.74, 6) is -0.537. The summed E-state index contributed by atoms with van der Waals surface area (Å²) in [5, 5.41) is 2.68. The molecule has 4 rings (SSSR count). The molecule has 0 heterocycles. The van der Waals surface area contributed by atoms with Gasteiger partial charge in [-0.25, -0.2) is 16.8 Å². The lowest BCUT2D eigenvalue weighted by atomic mass is 10.1. The van der Waals surface area contributed by atoms with Crippen LogP contribution >= 0.6 is 0 Å². The Labute approximate surface area is 222 Å². The van der Waals surface area contributed by atoms with Gasteiger partial charge in [0.15, 0.2) is 0 Å². The van der Waals surface area contributed by atoms with Crippen molar-refractivity contribution < 1.29 is 21.6 Å². The SMILES string of the molecule is Cc1ccc(NS(=O)(=O)c2cc(C(=O)Nc3ccc(S(=O)(=O)Nc4ccccc4C)cc3)ccc2C)cc1. The maximum Gasteiger partial charge on any atom is 0.262 e. The van der Waals surface area contributed by atoms with Gasteiger partial charge in [-0.3, -0.25) is 14.2 Å². The minimum absolute atomic E-state index is 0.0190. The Hall–Kier alpha value is -4.15. The Kier molecular flexibility index (Phi) is 7.56. The molecule has 38 heavy (non-hydrogen) atoms. The summed E-state index contributed by atoms with van der Waals surface area (Å²) in [4.78, 5) is 12.9. The maximum atomic E-state index is 13.0. The van der Waals surface area contributed by atoms with Gasteiger partial charge in [0.2, 0.25) is 0 Å². The van der Waals surface area contributed by atoms with E-state index in [1.54, 1.807) is 62.4 Å². The summed E-state index contributed by atoms with van der Waals surface area (Å²) in [7, 11) is -7.76. The molecule has 0 atom stereocenters. The smallest absolute Gasteiger partial charge is 0.262 e. The highest BCUT2D eigenvalue weighted by Gasteiger charge is 2.20. The van der Waals surface area contributed by atoms with E-state index in [9.17, 15) is 21.6 Å². The lowest BCUT2D eigenvalue weighted by molar-refractivity contribution is 0.102. The Bertz CT molecular complexity index is 1700. The minimum atomic E-state index is -3.94. The first-order chi connectivity index (χ1) is 17.9. The van der Waals surface area contributed by atoms with Crippen LogP contribution in [0.4, 0.5) is 17.1 Å². The molecule has 0 aromatic heterocycles. The number of rotatable bonds is 8. The van der Waals surface area contributed by atoms with Crippen LogP contribution in [0.2, 0.25) is 0 Å². The molecule has 196 valence electrons. The average Bonchev–Trinajstić information content (AvgIpc) is 2.87. The van der Waals surface area contributed by atoms with Crippen molar-refractivity contribution in [3.63, 3.8) is 0 Å². The number of carbonyl (C=O) groups is 1. The van der Waals surface area contributed by atoms with Crippen molar-refractivity contribution in [1.82, 2.24) is 0 Å². The van der Waals surface area contributed by atoms with Crippen LogP contribution in [0.25, 0.3) is 0 Å². The molecule has 0 bridgehead atoms. The monoisotopic (exact) mass is 549 g/mol. The van der Waals surface area contributed by atoms with Crippen LogP contribution in [0.5, 0.6) is 0 Å². The first-order valence-corrected chi connectivity index (χ1v) is 14.6. The third-order valence-corrected chi connectivity index (χ3v) is 8.76. The van der Waals surface area contributed by atoms with Crippen molar-refractivity contribution in [3.05, 3.63) is 113 Å². The Balaban J connectivity index is 1.50. The predicted molar refractivity (Wildman–Crippen MR) is 150 cm³/mol. The topological polar surface area (TPSA) is 121 Å². The van der Waals surface area contributed by atoms with E-state index in [0.29, 0.717) is 22.6 Å². The third kappa shape index (κ3) is 6.21. The van der Waals surface area contributed by atoms with Gasteiger partial charge < -0.3 is 5.32 Å². The summed E-state index contributed by atoms with van der Waals surface area (Å²) < 4.78 is 56.6. The van der Waals surface area contributed by atoms with Gasteiger partial charge in [0.1, 0.15) is 0 Å². The van der Waals surface area contributed by atoms with Crippen molar-refractivity contribution in [2.45, 2.75) is 30.6 Å². The first kappa shape index (κ1) is 26.9. The number of anilines is 3. The highest BCUT2D eigenvalue weighted by atomic mass is 32.2.